The van der Waals surface area contributed by atoms with Crippen LogP contribution in [0.2, 0.25) is 0 Å². The van der Waals surface area contributed by atoms with Crippen molar-refractivity contribution in [2.45, 2.75) is 17.1 Å². The predicted octanol–water partition coefficient (Wildman–Crippen LogP) is 2.48. The first-order chi connectivity index (χ1) is 13.7. The SMILES string of the molecule is CC(Sc1cccc(NC(=O)/C=C/C(=O)O)c1)C(=O)Nc1ccc(C(N)=O)cc1. The zero-order valence-corrected chi connectivity index (χ0v) is 16.2. The van der Waals surface area contributed by atoms with Gasteiger partial charge in [-0.2, -0.15) is 0 Å². The Bertz CT molecular complexity index is 957. The quantitative estimate of drug-likeness (QED) is 0.387. The van der Waals surface area contributed by atoms with Gasteiger partial charge in [0.15, 0.2) is 0 Å². The van der Waals surface area contributed by atoms with Gasteiger partial charge in [-0.05, 0) is 49.4 Å². The molecule has 0 saturated heterocycles. The highest BCUT2D eigenvalue weighted by molar-refractivity contribution is 8.00. The van der Waals surface area contributed by atoms with Crippen molar-refractivity contribution in [1.29, 1.82) is 0 Å². The predicted molar refractivity (Wildman–Crippen MR) is 111 cm³/mol. The standard InChI is InChI=1S/C20H19N3O5S/c1-12(20(28)23-14-7-5-13(6-8-14)19(21)27)29-16-4-2-3-15(11-16)22-17(24)9-10-18(25)26/h2-12H,1H3,(H2,21,27)(H,22,24)(H,23,28)(H,25,26)/b10-9+. The molecule has 8 nitrogen and oxygen atoms in total. The molecule has 1 atom stereocenters. The number of benzene rings is 2. The molecule has 2 aromatic carbocycles. The molecule has 0 aromatic heterocycles. The molecule has 150 valence electrons. The average molecular weight is 413 g/mol. The molecule has 5 N–H and O–H groups in total. The molecule has 9 heteroatoms. The van der Waals surface area contributed by atoms with E-state index in [1.165, 1.54) is 23.9 Å². The lowest BCUT2D eigenvalue weighted by atomic mass is 10.2. The smallest absolute Gasteiger partial charge is 0.328 e. The van der Waals surface area contributed by atoms with Gasteiger partial charge in [-0.3, -0.25) is 14.4 Å². The Labute approximate surface area is 171 Å². The molecular weight excluding hydrogens is 394 g/mol. The Kier molecular flexibility index (Phi) is 7.55. The fourth-order valence-corrected chi connectivity index (χ4v) is 3.12. The molecule has 1 unspecified atom stereocenters. The van der Waals surface area contributed by atoms with Crippen LogP contribution in [-0.4, -0.2) is 34.0 Å². The molecule has 2 aromatic rings. The number of nitrogens with two attached hydrogens (primary N) is 1. The molecule has 3 amide bonds. The lowest BCUT2D eigenvalue weighted by Crippen LogP contribution is -2.22. The number of carbonyl (C=O) groups is 4. The van der Waals surface area contributed by atoms with Gasteiger partial charge in [0.2, 0.25) is 17.7 Å². The number of aliphatic carboxylic acids is 1. The minimum atomic E-state index is -1.21. The second-order valence-electron chi connectivity index (χ2n) is 5.88. The number of nitrogens with one attached hydrogen (secondary N) is 2. The summed E-state index contributed by atoms with van der Waals surface area (Å²) in [6.45, 7) is 1.73. The summed E-state index contributed by atoms with van der Waals surface area (Å²) < 4.78 is 0. The molecule has 29 heavy (non-hydrogen) atoms. The van der Waals surface area contributed by atoms with Crippen LogP contribution in [0.5, 0.6) is 0 Å². The van der Waals surface area contributed by atoms with E-state index < -0.39 is 23.0 Å². The molecule has 0 spiro atoms. The van der Waals surface area contributed by atoms with Gasteiger partial charge in [-0.25, -0.2) is 4.79 Å². The first kappa shape index (κ1) is 21.7. The van der Waals surface area contributed by atoms with E-state index >= 15 is 0 Å². The van der Waals surface area contributed by atoms with Crippen LogP contribution in [0.25, 0.3) is 0 Å². The number of thioether (sulfide) groups is 1. The highest BCUT2D eigenvalue weighted by atomic mass is 32.2. The maximum atomic E-state index is 12.4. The number of rotatable bonds is 8. The summed E-state index contributed by atoms with van der Waals surface area (Å²) in [6.07, 6.45) is 1.66. The molecule has 0 saturated carbocycles. The fourth-order valence-electron chi connectivity index (χ4n) is 2.20. The van der Waals surface area contributed by atoms with E-state index in [0.29, 0.717) is 16.9 Å². The topological polar surface area (TPSA) is 139 Å². The Hall–Kier alpha value is -3.59. The van der Waals surface area contributed by atoms with Crippen molar-refractivity contribution in [3.63, 3.8) is 0 Å². The number of amides is 3. The van der Waals surface area contributed by atoms with Crippen molar-refractivity contribution < 1.29 is 24.3 Å². The highest BCUT2D eigenvalue weighted by Crippen LogP contribution is 2.26. The Morgan fingerprint density at radius 1 is 1.00 bits per heavy atom. The van der Waals surface area contributed by atoms with Crippen molar-refractivity contribution in [2.75, 3.05) is 10.6 Å². The van der Waals surface area contributed by atoms with Gasteiger partial charge in [0.05, 0.1) is 5.25 Å². The number of anilines is 2. The molecule has 0 aliphatic carbocycles. The van der Waals surface area contributed by atoms with Crippen molar-refractivity contribution in [2.24, 2.45) is 5.73 Å². The molecule has 0 aliphatic rings. The zero-order chi connectivity index (χ0) is 21.4. The van der Waals surface area contributed by atoms with Gasteiger partial charge >= 0.3 is 5.97 Å². The molecule has 0 fully saturated rings. The van der Waals surface area contributed by atoms with Crippen LogP contribution in [-0.2, 0) is 14.4 Å². The van der Waals surface area contributed by atoms with Gasteiger partial charge in [0, 0.05) is 34.0 Å². The second-order valence-corrected chi connectivity index (χ2v) is 7.29. The summed E-state index contributed by atoms with van der Waals surface area (Å²) >= 11 is 1.29. The summed E-state index contributed by atoms with van der Waals surface area (Å²) in [5, 5.41) is 13.4. The van der Waals surface area contributed by atoms with Crippen molar-refractivity contribution >= 4 is 46.8 Å². The van der Waals surface area contributed by atoms with Crippen LogP contribution in [0.4, 0.5) is 11.4 Å². The van der Waals surface area contributed by atoms with E-state index in [2.05, 4.69) is 10.6 Å². The number of primary amides is 1. The zero-order valence-electron chi connectivity index (χ0n) is 15.4. The first-order valence-electron chi connectivity index (χ1n) is 8.44. The van der Waals surface area contributed by atoms with Gasteiger partial charge in [-0.1, -0.05) is 6.07 Å². The lowest BCUT2D eigenvalue weighted by Gasteiger charge is -2.13. The third kappa shape index (κ3) is 7.15. The highest BCUT2D eigenvalue weighted by Gasteiger charge is 2.15. The Morgan fingerprint density at radius 3 is 2.31 bits per heavy atom. The van der Waals surface area contributed by atoms with E-state index in [9.17, 15) is 19.2 Å². The maximum absolute atomic E-state index is 12.4. The minimum absolute atomic E-state index is 0.236. The fraction of sp³-hybridized carbons (Fsp3) is 0.100. The number of hydrogen-bond acceptors (Lipinski definition) is 5. The number of carboxylic acid groups (broad SMARTS) is 1. The van der Waals surface area contributed by atoms with E-state index in [4.69, 9.17) is 10.8 Å². The van der Waals surface area contributed by atoms with E-state index in [1.54, 1.807) is 43.3 Å². The third-order valence-corrected chi connectivity index (χ3v) is 4.69. The molecule has 0 heterocycles. The monoisotopic (exact) mass is 413 g/mol. The molecular formula is C20H19N3O5S. The van der Waals surface area contributed by atoms with E-state index in [1.807, 2.05) is 0 Å². The normalized spacial score (nSPS) is 11.6. The van der Waals surface area contributed by atoms with E-state index in [0.717, 1.165) is 17.0 Å². The van der Waals surface area contributed by atoms with Gasteiger partial charge in [0.1, 0.15) is 0 Å². The minimum Gasteiger partial charge on any atom is -0.478 e. The van der Waals surface area contributed by atoms with Crippen LogP contribution in [0, 0.1) is 0 Å². The van der Waals surface area contributed by atoms with E-state index in [-0.39, 0.29) is 5.91 Å². The van der Waals surface area contributed by atoms with Gasteiger partial charge in [-0.15, -0.1) is 11.8 Å². The van der Waals surface area contributed by atoms with Crippen molar-refractivity contribution in [3.05, 3.63) is 66.2 Å². The summed E-state index contributed by atoms with van der Waals surface area (Å²) in [4.78, 5) is 46.3. The Morgan fingerprint density at radius 2 is 1.69 bits per heavy atom. The molecule has 0 radical (unpaired) electrons. The largest absolute Gasteiger partial charge is 0.478 e. The summed E-state index contributed by atoms with van der Waals surface area (Å²) in [6, 6.07) is 13.1. The average Bonchev–Trinajstić information content (AvgIpc) is 2.67. The Balaban J connectivity index is 1.96. The number of hydrogen-bond donors (Lipinski definition) is 4. The van der Waals surface area contributed by atoms with Crippen molar-refractivity contribution in [1.82, 2.24) is 0 Å². The van der Waals surface area contributed by atoms with Crippen LogP contribution < -0.4 is 16.4 Å². The number of carbonyl (C=O) groups excluding carboxylic acids is 3. The van der Waals surface area contributed by atoms with Crippen LogP contribution in [0.15, 0.2) is 65.6 Å². The summed E-state index contributed by atoms with van der Waals surface area (Å²) in [7, 11) is 0. The first-order valence-corrected chi connectivity index (χ1v) is 9.32. The summed E-state index contributed by atoms with van der Waals surface area (Å²) in [5.41, 5.74) is 6.55. The van der Waals surface area contributed by atoms with Gasteiger partial charge in [0.25, 0.3) is 0 Å². The number of carboxylic acids is 1. The third-order valence-electron chi connectivity index (χ3n) is 3.60. The molecule has 0 aliphatic heterocycles. The second kappa shape index (κ2) is 10.1. The molecule has 2 rings (SSSR count). The maximum Gasteiger partial charge on any atom is 0.328 e. The van der Waals surface area contributed by atoms with Crippen LogP contribution >= 0.6 is 11.8 Å². The van der Waals surface area contributed by atoms with Crippen LogP contribution in [0.3, 0.4) is 0 Å². The van der Waals surface area contributed by atoms with Crippen molar-refractivity contribution in [3.8, 4) is 0 Å². The molecule has 0 bridgehead atoms. The van der Waals surface area contributed by atoms with Gasteiger partial charge < -0.3 is 21.5 Å². The lowest BCUT2D eigenvalue weighted by molar-refractivity contribution is -0.131. The van der Waals surface area contributed by atoms with Crippen LogP contribution in [0.1, 0.15) is 17.3 Å². The summed E-state index contributed by atoms with van der Waals surface area (Å²) in [5.74, 6) is -2.56.